The Morgan fingerprint density at radius 2 is 2.03 bits per heavy atom. The SMILES string of the molecule is Cc1cc(C)n(-c2ccc(C(=O)N(Cc3ccccn3)C[C@@H]3CCCO3)cc2)n1. The van der Waals surface area contributed by atoms with Crippen molar-refractivity contribution in [3.05, 3.63) is 77.4 Å². The van der Waals surface area contributed by atoms with Crippen molar-refractivity contribution >= 4 is 5.91 Å². The van der Waals surface area contributed by atoms with Crippen LogP contribution in [-0.2, 0) is 11.3 Å². The number of hydrogen-bond acceptors (Lipinski definition) is 4. The van der Waals surface area contributed by atoms with Crippen LogP contribution in [0.5, 0.6) is 0 Å². The third kappa shape index (κ3) is 4.54. The van der Waals surface area contributed by atoms with Gasteiger partial charge in [-0.3, -0.25) is 9.78 Å². The van der Waals surface area contributed by atoms with E-state index in [0.29, 0.717) is 18.7 Å². The quantitative estimate of drug-likeness (QED) is 0.644. The van der Waals surface area contributed by atoms with Crippen LogP contribution in [0.15, 0.2) is 54.7 Å². The van der Waals surface area contributed by atoms with Crippen LogP contribution in [0.1, 0.15) is 40.3 Å². The minimum atomic E-state index is -0.00827. The number of benzene rings is 1. The number of carbonyl (C=O) groups is 1. The minimum absolute atomic E-state index is 0.00827. The van der Waals surface area contributed by atoms with E-state index in [1.54, 1.807) is 6.20 Å². The molecule has 2 aromatic heterocycles. The zero-order chi connectivity index (χ0) is 20.2. The van der Waals surface area contributed by atoms with Crippen LogP contribution < -0.4 is 0 Å². The Bertz CT molecular complexity index is 960. The van der Waals surface area contributed by atoms with Gasteiger partial charge in [0.1, 0.15) is 0 Å². The molecule has 29 heavy (non-hydrogen) atoms. The number of carbonyl (C=O) groups excluding carboxylic acids is 1. The molecule has 1 saturated heterocycles. The van der Waals surface area contributed by atoms with Crippen LogP contribution in [0.2, 0.25) is 0 Å². The standard InChI is InChI=1S/C23H26N4O2/c1-17-14-18(2)27(25-17)21-10-8-19(9-11-21)23(28)26(16-22-7-5-13-29-22)15-20-6-3-4-12-24-20/h3-4,6,8-12,14,22H,5,7,13,15-16H2,1-2H3/t22-/m0/s1. The summed E-state index contributed by atoms with van der Waals surface area (Å²) in [6, 6.07) is 15.4. The topological polar surface area (TPSA) is 60.2 Å². The van der Waals surface area contributed by atoms with E-state index in [1.165, 1.54) is 0 Å². The van der Waals surface area contributed by atoms with Gasteiger partial charge in [0.15, 0.2) is 0 Å². The second-order valence-corrected chi connectivity index (χ2v) is 7.53. The van der Waals surface area contributed by atoms with Gasteiger partial charge in [0.2, 0.25) is 0 Å². The summed E-state index contributed by atoms with van der Waals surface area (Å²) in [4.78, 5) is 19.5. The number of nitrogens with zero attached hydrogens (tertiary/aromatic N) is 4. The van der Waals surface area contributed by atoms with Gasteiger partial charge in [-0.1, -0.05) is 6.07 Å². The van der Waals surface area contributed by atoms with Crippen molar-refractivity contribution in [1.29, 1.82) is 0 Å². The minimum Gasteiger partial charge on any atom is -0.376 e. The molecular weight excluding hydrogens is 364 g/mol. The maximum Gasteiger partial charge on any atom is 0.254 e. The molecule has 1 aromatic carbocycles. The predicted octanol–water partition coefficient (Wildman–Crippen LogP) is 3.71. The van der Waals surface area contributed by atoms with Gasteiger partial charge in [0, 0.05) is 30.6 Å². The summed E-state index contributed by atoms with van der Waals surface area (Å²) < 4.78 is 7.66. The van der Waals surface area contributed by atoms with Gasteiger partial charge < -0.3 is 9.64 Å². The zero-order valence-electron chi connectivity index (χ0n) is 16.9. The Morgan fingerprint density at radius 3 is 2.66 bits per heavy atom. The first-order valence-electron chi connectivity index (χ1n) is 10.0. The molecule has 0 saturated carbocycles. The largest absolute Gasteiger partial charge is 0.376 e. The van der Waals surface area contributed by atoms with Crippen LogP contribution in [0.3, 0.4) is 0 Å². The van der Waals surface area contributed by atoms with Gasteiger partial charge in [0.05, 0.1) is 29.7 Å². The molecule has 4 rings (SSSR count). The Balaban J connectivity index is 1.55. The number of aryl methyl sites for hydroxylation is 2. The van der Waals surface area contributed by atoms with E-state index in [0.717, 1.165) is 42.2 Å². The summed E-state index contributed by atoms with van der Waals surface area (Å²) in [6.45, 7) is 5.82. The van der Waals surface area contributed by atoms with Crippen LogP contribution >= 0.6 is 0 Å². The molecule has 0 N–H and O–H groups in total. The fourth-order valence-corrected chi connectivity index (χ4v) is 3.76. The van der Waals surface area contributed by atoms with Gasteiger partial charge in [-0.05, 0) is 69.2 Å². The van der Waals surface area contributed by atoms with Crippen molar-refractivity contribution in [2.75, 3.05) is 13.2 Å². The molecule has 1 atom stereocenters. The molecule has 0 bridgehead atoms. The molecule has 1 amide bonds. The van der Waals surface area contributed by atoms with Gasteiger partial charge >= 0.3 is 0 Å². The summed E-state index contributed by atoms with van der Waals surface area (Å²) >= 11 is 0. The van der Waals surface area contributed by atoms with Crippen molar-refractivity contribution < 1.29 is 9.53 Å². The van der Waals surface area contributed by atoms with Crippen molar-refractivity contribution in [3.8, 4) is 5.69 Å². The highest BCUT2D eigenvalue weighted by atomic mass is 16.5. The van der Waals surface area contributed by atoms with E-state index in [9.17, 15) is 4.79 Å². The van der Waals surface area contributed by atoms with E-state index in [1.807, 2.05) is 72.0 Å². The number of pyridine rings is 1. The third-order valence-electron chi connectivity index (χ3n) is 5.18. The summed E-state index contributed by atoms with van der Waals surface area (Å²) in [5.41, 5.74) is 4.52. The summed E-state index contributed by atoms with van der Waals surface area (Å²) in [5.74, 6) is -0.00827. The molecule has 1 aliphatic rings. The van der Waals surface area contributed by atoms with Crippen molar-refractivity contribution in [2.24, 2.45) is 0 Å². The van der Waals surface area contributed by atoms with Gasteiger partial charge in [-0.2, -0.15) is 5.10 Å². The average molecular weight is 390 g/mol. The lowest BCUT2D eigenvalue weighted by molar-refractivity contribution is 0.0504. The molecule has 6 heteroatoms. The fourth-order valence-electron chi connectivity index (χ4n) is 3.76. The third-order valence-corrected chi connectivity index (χ3v) is 5.18. The number of rotatable bonds is 6. The van der Waals surface area contributed by atoms with E-state index in [2.05, 4.69) is 10.1 Å². The Labute approximate surface area is 171 Å². The maximum atomic E-state index is 13.3. The lowest BCUT2D eigenvalue weighted by atomic mass is 10.1. The highest BCUT2D eigenvalue weighted by Crippen LogP contribution is 2.18. The maximum absolute atomic E-state index is 13.3. The normalized spacial score (nSPS) is 16.1. The van der Waals surface area contributed by atoms with Crippen LogP contribution in [-0.4, -0.2) is 44.8 Å². The van der Waals surface area contributed by atoms with Crippen molar-refractivity contribution in [2.45, 2.75) is 39.3 Å². The van der Waals surface area contributed by atoms with E-state index >= 15 is 0 Å². The molecule has 6 nitrogen and oxygen atoms in total. The molecule has 1 aliphatic heterocycles. The van der Waals surface area contributed by atoms with Crippen LogP contribution in [0.4, 0.5) is 0 Å². The first kappa shape index (κ1) is 19.3. The van der Waals surface area contributed by atoms with Gasteiger partial charge in [-0.15, -0.1) is 0 Å². The second-order valence-electron chi connectivity index (χ2n) is 7.53. The Morgan fingerprint density at radius 1 is 1.21 bits per heavy atom. The van der Waals surface area contributed by atoms with Crippen molar-refractivity contribution in [1.82, 2.24) is 19.7 Å². The smallest absolute Gasteiger partial charge is 0.254 e. The number of aromatic nitrogens is 3. The molecule has 3 heterocycles. The highest BCUT2D eigenvalue weighted by Gasteiger charge is 2.24. The van der Waals surface area contributed by atoms with Crippen LogP contribution in [0, 0.1) is 13.8 Å². The summed E-state index contributed by atoms with van der Waals surface area (Å²) in [5, 5.41) is 4.51. The summed E-state index contributed by atoms with van der Waals surface area (Å²) in [6.07, 6.45) is 3.89. The van der Waals surface area contributed by atoms with Crippen LogP contribution in [0.25, 0.3) is 5.69 Å². The molecule has 0 radical (unpaired) electrons. The number of amides is 1. The summed E-state index contributed by atoms with van der Waals surface area (Å²) in [7, 11) is 0. The van der Waals surface area contributed by atoms with E-state index in [4.69, 9.17) is 4.74 Å². The molecule has 3 aromatic rings. The van der Waals surface area contributed by atoms with Gasteiger partial charge in [-0.25, -0.2) is 4.68 Å². The highest BCUT2D eigenvalue weighted by molar-refractivity contribution is 5.94. The molecule has 0 unspecified atom stereocenters. The molecule has 1 fully saturated rings. The first-order valence-corrected chi connectivity index (χ1v) is 10.0. The number of ether oxygens (including phenoxy) is 1. The molecule has 150 valence electrons. The monoisotopic (exact) mass is 390 g/mol. The molecule has 0 aliphatic carbocycles. The Kier molecular flexibility index (Phi) is 5.71. The number of hydrogen-bond donors (Lipinski definition) is 0. The predicted molar refractivity (Wildman–Crippen MR) is 111 cm³/mol. The first-order chi connectivity index (χ1) is 14.1. The molecule has 0 spiro atoms. The Hall–Kier alpha value is -2.99. The zero-order valence-corrected chi connectivity index (χ0v) is 16.9. The van der Waals surface area contributed by atoms with Crippen molar-refractivity contribution in [3.63, 3.8) is 0 Å². The second kappa shape index (κ2) is 8.57. The van der Waals surface area contributed by atoms with E-state index in [-0.39, 0.29) is 12.0 Å². The fraction of sp³-hybridized carbons (Fsp3) is 0.348. The average Bonchev–Trinajstić information content (AvgIpc) is 3.37. The van der Waals surface area contributed by atoms with Gasteiger partial charge in [0.25, 0.3) is 5.91 Å². The lowest BCUT2D eigenvalue weighted by Gasteiger charge is -2.25. The molecular formula is C23H26N4O2. The lowest BCUT2D eigenvalue weighted by Crippen LogP contribution is -2.37. The van der Waals surface area contributed by atoms with E-state index < -0.39 is 0 Å².